The van der Waals surface area contributed by atoms with Crippen LogP contribution >= 0.6 is 52.0 Å². The number of halogens is 5. The molecule has 0 fully saturated rings. The van der Waals surface area contributed by atoms with Gasteiger partial charge in [0, 0.05) is 0 Å². The van der Waals surface area contributed by atoms with Crippen LogP contribution in [0.2, 0.25) is 0 Å². The molecule has 0 aromatic rings. The molecule has 0 saturated heterocycles. The van der Waals surface area contributed by atoms with Gasteiger partial charge in [0.15, 0.2) is 0 Å². The molecule has 0 unspecified atom stereocenters. The van der Waals surface area contributed by atoms with Crippen molar-refractivity contribution in [3.8, 4) is 0 Å². The van der Waals surface area contributed by atoms with Gasteiger partial charge in [-0.25, -0.2) is 4.57 Å². The molecule has 0 rings (SSSR count). The fraction of sp³-hybridized carbons (Fsp3) is 0. The minimum absolute atomic E-state index is 4.33. The molecule has 0 aromatic carbocycles. The molecular weight excluding hydrogens is 394 g/mol. The summed E-state index contributed by atoms with van der Waals surface area (Å²) in [6, 6.07) is 0. The SMILES string of the molecule is O=P(O)(O)O.[Cl][Sb]([Cl])([Cl])([Cl])[Cl]. The second-order valence-electron chi connectivity index (χ2n) is 1.15. The Hall–Kier alpha value is 2.38. The molecule has 3 N–H and O–H groups in total. The van der Waals surface area contributed by atoms with Crippen LogP contribution in [0.25, 0.3) is 0 Å². The molecule has 0 aromatic heterocycles. The van der Waals surface area contributed by atoms with E-state index in [0.717, 1.165) is 0 Å². The molecule has 0 amide bonds. The van der Waals surface area contributed by atoms with Crippen molar-refractivity contribution in [2.45, 2.75) is 0 Å². The van der Waals surface area contributed by atoms with E-state index in [9.17, 15) is 0 Å². The first-order valence-corrected chi connectivity index (χ1v) is 19.4. The molecular formula is H3Cl5O4PSb. The zero-order valence-corrected chi connectivity index (χ0v) is 11.8. The van der Waals surface area contributed by atoms with Crippen LogP contribution in [0, 0.1) is 0 Å². The molecule has 0 bridgehead atoms. The quantitative estimate of drug-likeness (QED) is 0.433. The standard InChI is InChI=1S/5ClH.H3O4P.Sb/c;;;;;1-5(2,3)4;/h5*1H;(H3,1,2,3,4);/q;;;;;;+5/p-5. The van der Waals surface area contributed by atoms with Crippen LogP contribution in [0.15, 0.2) is 0 Å². The summed E-state index contributed by atoms with van der Waals surface area (Å²) in [4.78, 5) is 21.6. The minimum atomic E-state index is -4.64. The van der Waals surface area contributed by atoms with Gasteiger partial charge in [0.05, 0.1) is 0 Å². The third-order valence-corrected chi connectivity index (χ3v) is 0. The first-order valence-electron chi connectivity index (χ1n) is 1.63. The normalized spacial score (nSPS) is 15.8. The first-order chi connectivity index (χ1) is 4.24. The zero-order valence-electron chi connectivity index (χ0n) is 4.53. The summed E-state index contributed by atoms with van der Waals surface area (Å²) in [5.74, 6) is 0. The molecule has 72 valence electrons. The van der Waals surface area contributed by atoms with Gasteiger partial charge in [0.1, 0.15) is 0 Å². The van der Waals surface area contributed by atoms with E-state index in [2.05, 4.69) is 0 Å². The Kier molecular flexibility index (Phi) is 6.83. The van der Waals surface area contributed by atoms with Crippen molar-refractivity contribution >= 4 is 63.7 Å². The number of phosphoric acid groups is 1. The Morgan fingerprint density at radius 1 is 0.909 bits per heavy atom. The summed E-state index contributed by atoms with van der Waals surface area (Å²) in [6.45, 7) is 0. The Balaban J connectivity index is 0. The van der Waals surface area contributed by atoms with Gasteiger partial charge in [0.2, 0.25) is 0 Å². The van der Waals surface area contributed by atoms with E-state index < -0.39 is 19.5 Å². The molecule has 0 aliphatic heterocycles. The van der Waals surface area contributed by atoms with Crippen LogP contribution in [0.1, 0.15) is 0 Å². The van der Waals surface area contributed by atoms with Gasteiger partial charge in [-0.05, 0) is 0 Å². The van der Waals surface area contributed by atoms with E-state index in [4.69, 9.17) is 63.4 Å². The monoisotopic (exact) mass is 394 g/mol. The van der Waals surface area contributed by atoms with E-state index in [1.54, 1.807) is 0 Å². The van der Waals surface area contributed by atoms with Crippen LogP contribution in [-0.2, 0) is 4.57 Å². The third kappa shape index (κ3) is 236. The second kappa shape index (κ2) is 4.74. The van der Waals surface area contributed by atoms with Crippen molar-refractivity contribution < 1.29 is 19.2 Å². The number of rotatable bonds is 0. The number of hydrogen-bond acceptors (Lipinski definition) is 1. The molecule has 11 heteroatoms. The fourth-order valence-corrected chi connectivity index (χ4v) is 0. The van der Waals surface area contributed by atoms with E-state index in [-0.39, 0.29) is 0 Å². The molecule has 4 nitrogen and oxygen atoms in total. The van der Waals surface area contributed by atoms with E-state index in [1.807, 2.05) is 0 Å². The Morgan fingerprint density at radius 2 is 0.909 bits per heavy atom. The number of hydrogen-bond donors (Lipinski definition) is 3. The van der Waals surface area contributed by atoms with Gasteiger partial charge in [-0.3, -0.25) is 0 Å². The summed E-state index contributed by atoms with van der Waals surface area (Å²) < 4.78 is 8.88. The van der Waals surface area contributed by atoms with E-state index >= 15 is 0 Å². The molecule has 0 spiro atoms. The molecule has 0 radical (unpaired) electrons. The van der Waals surface area contributed by atoms with Gasteiger partial charge in [-0.15, -0.1) is 0 Å². The molecule has 0 saturated carbocycles. The zero-order chi connectivity index (χ0) is 9.95. The predicted molar refractivity (Wildman–Crippen MR) is 49.3 cm³/mol. The summed E-state index contributed by atoms with van der Waals surface area (Å²) in [6.07, 6.45) is 0. The predicted octanol–water partition coefficient (Wildman–Crippen LogP) is 2.14. The van der Waals surface area contributed by atoms with E-state index in [0.29, 0.717) is 0 Å². The molecule has 0 atom stereocenters. The maximum atomic E-state index is 8.88. The fourth-order valence-electron chi connectivity index (χ4n) is 0. The van der Waals surface area contributed by atoms with Crippen molar-refractivity contribution in [1.82, 2.24) is 0 Å². The Labute approximate surface area is 82.0 Å². The Bertz CT molecular complexity index is 138. The molecule has 11 heavy (non-hydrogen) atoms. The first kappa shape index (κ1) is 15.8. The summed E-state index contributed by atoms with van der Waals surface area (Å²) >= 11 is -4.33. The molecule has 0 heterocycles. The van der Waals surface area contributed by atoms with Gasteiger partial charge in [-0.1, -0.05) is 0 Å². The van der Waals surface area contributed by atoms with Crippen LogP contribution in [0.4, 0.5) is 0 Å². The van der Waals surface area contributed by atoms with Crippen molar-refractivity contribution in [2.24, 2.45) is 0 Å². The third-order valence-electron chi connectivity index (χ3n) is 0. The maximum absolute atomic E-state index is 8.88. The van der Waals surface area contributed by atoms with Gasteiger partial charge >= 0.3 is 63.7 Å². The van der Waals surface area contributed by atoms with Gasteiger partial charge in [0.25, 0.3) is 0 Å². The Morgan fingerprint density at radius 3 is 0.909 bits per heavy atom. The summed E-state index contributed by atoms with van der Waals surface area (Å²) in [7, 11) is 20.6. The average Bonchev–Trinajstić information content (AvgIpc) is 1.07. The van der Waals surface area contributed by atoms with Gasteiger partial charge < -0.3 is 14.7 Å². The van der Waals surface area contributed by atoms with Crippen LogP contribution in [0.3, 0.4) is 0 Å². The second-order valence-corrected chi connectivity index (χ2v) is 40.1. The van der Waals surface area contributed by atoms with Gasteiger partial charge in [-0.2, -0.15) is 0 Å². The molecule has 0 aliphatic rings. The van der Waals surface area contributed by atoms with Crippen molar-refractivity contribution in [1.29, 1.82) is 0 Å². The summed E-state index contributed by atoms with van der Waals surface area (Å²) in [5.41, 5.74) is 0. The van der Waals surface area contributed by atoms with Crippen LogP contribution in [0.5, 0.6) is 0 Å². The van der Waals surface area contributed by atoms with Crippen molar-refractivity contribution in [3.05, 3.63) is 0 Å². The topological polar surface area (TPSA) is 77.8 Å². The van der Waals surface area contributed by atoms with Crippen LogP contribution in [-0.4, -0.2) is 26.4 Å². The summed E-state index contributed by atoms with van der Waals surface area (Å²) in [5, 5.41) is 0. The van der Waals surface area contributed by atoms with Crippen molar-refractivity contribution in [2.75, 3.05) is 0 Å². The van der Waals surface area contributed by atoms with Crippen molar-refractivity contribution in [3.63, 3.8) is 0 Å². The molecule has 0 aliphatic carbocycles. The van der Waals surface area contributed by atoms with E-state index in [1.165, 1.54) is 0 Å². The average molecular weight is 397 g/mol. The van der Waals surface area contributed by atoms with Crippen LogP contribution < -0.4 is 0 Å².